The van der Waals surface area contributed by atoms with Gasteiger partial charge in [0.1, 0.15) is 0 Å². The Labute approximate surface area is 171 Å². The van der Waals surface area contributed by atoms with Gasteiger partial charge in [0.05, 0.1) is 11.0 Å². The average Bonchev–Trinajstić information content (AvgIpc) is 2.99. The van der Waals surface area contributed by atoms with Crippen molar-refractivity contribution in [3.8, 4) is 11.5 Å². The third-order valence-corrected chi connectivity index (χ3v) is 7.88. The molecule has 0 spiro atoms. The maximum absolute atomic E-state index is 12.8. The SMILES string of the molecule is CCN(C)[C@@H]1Cc2ccc(OS(=O)(=O)C(F)(F)F)c3c2[C@@]2(C)[C@@H](O3)C(=O)CC[C@@]12O. The number of hydrogen-bond donors (Lipinski definition) is 1. The van der Waals surface area contributed by atoms with Crippen molar-refractivity contribution in [1.29, 1.82) is 0 Å². The molecule has 30 heavy (non-hydrogen) atoms. The molecule has 166 valence electrons. The fraction of sp³-hybridized carbons (Fsp3) is 0.632. The van der Waals surface area contributed by atoms with Gasteiger partial charge in [0, 0.05) is 18.0 Å². The summed E-state index contributed by atoms with van der Waals surface area (Å²) in [4.78, 5) is 14.7. The average molecular weight is 449 g/mol. The fourth-order valence-electron chi connectivity index (χ4n) is 5.23. The van der Waals surface area contributed by atoms with Crippen LogP contribution in [0.2, 0.25) is 0 Å². The first kappa shape index (κ1) is 21.4. The van der Waals surface area contributed by atoms with Crippen LogP contribution >= 0.6 is 0 Å². The van der Waals surface area contributed by atoms with Gasteiger partial charge < -0.3 is 18.9 Å². The highest BCUT2D eigenvalue weighted by molar-refractivity contribution is 7.88. The predicted octanol–water partition coefficient (Wildman–Crippen LogP) is 1.90. The summed E-state index contributed by atoms with van der Waals surface area (Å²) in [6.45, 7) is 4.22. The summed E-state index contributed by atoms with van der Waals surface area (Å²) in [6.07, 6.45) is -0.556. The van der Waals surface area contributed by atoms with Crippen LogP contribution in [0.4, 0.5) is 13.2 Å². The Morgan fingerprint density at radius 3 is 2.63 bits per heavy atom. The molecule has 0 aromatic heterocycles. The number of rotatable bonds is 4. The Morgan fingerprint density at radius 1 is 1.37 bits per heavy atom. The number of carbonyl (C=O) groups excluding carboxylic acids is 1. The lowest BCUT2D eigenvalue weighted by Gasteiger charge is -2.56. The number of halogens is 3. The van der Waals surface area contributed by atoms with Crippen molar-refractivity contribution in [2.45, 2.75) is 61.8 Å². The van der Waals surface area contributed by atoms with Gasteiger partial charge >= 0.3 is 15.6 Å². The fourth-order valence-corrected chi connectivity index (χ4v) is 5.69. The third-order valence-electron chi connectivity index (χ3n) is 6.91. The zero-order valence-electron chi connectivity index (χ0n) is 16.6. The molecule has 0 bridgehead atoms. The molecule has 0 amide bonds. The minimum atomic E-state index is -5.93. The van der Waals surface area contributed by atoms with Crippen LogP contribution in [0, 0.1) is 0 Å². The minimum absolute atomic E-state index is 0.0468. The molecule has 1 N–H and O–H groups in total. The van der Waals surface area contributed by atoms with Crippen molar-refractivity contribution in [2.75, 3.05) is 13.6 Å². The Bertz CT molecular complexity index is 1030. The van der Waals surface area contributed by atoms with Gasteiger partial charge in [-0.25, -0.2) is 0 Å². The van der Waals surface area contributed by atoms with Crippen molar-refractivity contribution < 1.29 is 40.4 Å². The second-order valence-electron chi connectivity index (χ2n) is 8.29. The topological polar surface area (TPSA) is 93.1 Å². The summed E-state index contributed by atoms with van der Waals surface area (Å²) in [7, 11) is -4.07. The number of alkyl halides is 3. The van der Waals surface area contributed by atoms with Gasteiger partial charge in [-0.15, -0.1) is 0 Å². The monoisotopic (exact) mass is 449 g/mol. The van der Waals surface area contributed by atoms with Crippen molar-refractivity contribution in [3.05, 3.63) is 23.3 Å². The van der Waals surface area contributed by atoms with E-state index in [0.29, 0.717) is 24.1 Å². The summed E-state index contributed by atoms with van der Waals surface area (Å²) in [5, 5.41) is 11.8. The Hall–Kier alpha value is -1.85. The molecule has 1 saturated carbocycles. The first-order chi connectivity index (χ1) is 13.8. The summed E-state index contributed by atoms with van der Waals surface area (Å²) < 4.78 is 71.8. The van der Waals surface area contributed by atoms with E-state index in [2.05, 4.69) is 4.18 Å². The molecule has 4 rings (SSSR count). The molecule has 1 aliphatic heterocycles. The Morgan fingerprint density at radius 2 is 2.03 bits per heavy atom. The maximum atomic E-state index is 12.8. The zero-order chi connectivity index (χ0) is 22.3. The quantitative estimate of drug-likeness (QED) is 0.554. The molecule has 0 radical (unpaired) electrons. The van der Waals surface area contributed by atoms with E-state index in [1.165, 1.54) is 6.07 Å². The second-order valence-corrected chi connectivity index (χ2v) is 9.83. The van der Waals surface area contributed by atoms with Gasteiger partial charge in [0.25, 0.3) is 0 Å². The van der Waals surface area contributed by atoms with Crippen molar-refractivity contribution >= 4 is 15.9 Å². The largest absolute Gasteiger partial charge is 0.534 e. The number of likely N-dealkylation sites (N-methyl/N-ethyl adjacent to an activating group) is 1. The maximum Gasteiger partial charge on any atom is 0.534 e. The minimum Gasteiger partial charge on any atom is -0.477 e. The lowest BCUT2D eigenvalue weighted by Crippen LogP contribution is -2.71. The van der Waals surface area contributed by atoms with Crippen LogP contribution in [0.5, 0.6) is 11.5 Å². The third kappa shape index (κ3) is 2.57. The van der Waals surface area contributed by atoms with Crippen LogP contribution < -0.4 is 8.92 Å². The lowest BCUT2D eigenvalue weighted by molar-refractivity contribution is -0.164. The number of benzene rings is 1. The predicted molar refractivity (Wildman–Crippen MR) is 98.8 cm³/mol. The van der Waals surface area contributed by atoms with E-state index in [-0.39, 0.29) is 30.4 Å². The van der Waals surface area contributed by atoms with Gasteiger partial charge in [-0.2, -0.15) is 21.6 Å². The van der Waals surface area contributed by atoms with E-state index in [0.717, 1.165) is 6.07 Å². The highest BCUT2D eigenvalue weighted by atomic mass is 32.2. The van der Waals surface area contributed by atoms with Crippen LogP contribution in [0.15, 0.2) is 12.1 Å². The number of hydrogen-bond acceptors (Lipinski definition) is 7. The molecular weight excluding hydrogens is 427 g/mol. The molecule has 1 aromatic carbocycles. The number of aliphatic hydroxyl groups is 1. The molecule has 4 atom stereocenters. The molecule has 7 nitrogen and oxygen atoms in total. The molecule has 1 heterocycles. The normalized spacial score (nSPS) is 32.7. The molecule has 3 aliphatic rings. The number of ketones is 1. The first-order valence-electron chi connectivity index (χ1n) is 9.57. The summed E-state index contributed by atoms with van der Waals surface area (Å²) in [5.74, 6) is -1.16. The summed E-state index contributed by atoms with van der Waals surface area (Å²) in [5.41, 5.74) is -7.23. The van der Waals surface area contributed by atoms with Crippen LogP contribution in [0.25, 0.3) is 0 Å². The molecule has 1 fully saturated rings. The number of ether oxygens (including phenoxy) is 1. The number of nitrogens with zero attached hydrogens (tertiary/aromatic N) is 1. The first-order valence-corrected chi connectivity index (χ1v) is 11.0. The molecule has 0 saturated heterocycles. The van der Waals surface area contributed by atoms with E-state index in [1.807, 2.05) is 18.9 Å². The van der Waals surface area contributed by atoms with E-state index >= 15 is 0 Å². The summed E-state index contributed by atoms with van der Waals surface area (Å²) in [6, 6.07) is 2.23. The molecular formula is C19H22F3NO6S. The summed E-state index contributed by atoms with van der Waals surface area (Å²) >= 11 is 0. The Balaban J connectivity index is 1.92. The van der Waals surface area contributed by atoms with Gasteiger partial charge in [-0.05, 0) is 45.0 Å². The van der Waals surface area contributed by atoms with Crippen molar-refractivity contribution in [2.24, 2.45) is 0 Å². The van der Waals surface area contributed by atoms with E-state index in [1.54, 1.807) is 6.92 Å². The van der Waals surface area contributed by atoms with E-state index < -0.39 is 38.5 Å². The van der Waals surface area contributed by atoms with Gasteiger partial charge in [0.15, 0.2) is 23.4 Å². The standard InChI is InChI=1S/C19H22F3NO6S/c1-4-23(3)13-9-10-5-6-12(29-30(26,27)19(20,21)22)15-14(10)17(2)16(28-15)11(24)7-8-18(13,17)25/h5-6,13,16,25H,4,7-9H2,1-3H3/t13-,16+,17+,18-/m1/s1. The smallest absolute Gasteiger partial charge is 0.477 e. The van der Waals surface area contributed by atoms with E-state index in [4.69, 9.17) is 4.74 Å². The number of Topliss-reactive ketones (excluding diaryl/α,β-unsaturated/α-hetero) is 1. The molecule has 0 unspecified atom stereocenters. The molecule has 2 aliphatic carbocycles. The van der Waals surface area contributed by atoms with Crippen molar-refractivity contribution in [3.63, 3.8) is 0 Å². The van der Waals surface area contributed by atoms with Crippen LogP contribution in [-0.4, -0.2) is 61.1 Å². The zero-order valence-corrected chi connectivity index (χ0v) is 17.4. The highest BCUT2D eigenvalue weighted by Crippen LogP contribution is 2.61. The van der Waals surface area contributed by atoms with Crippen LogP contribution in [0.1, 0.15) is 37.8 Å². The van der Waals surface area contributed by atoms with Crippen molar-refractivity contribution in [1.82, 2.24) is 4.90 Å². The second kappa shape index (κ2) is 6.33. The van der Waals surface area contributed by atoms with Gasteiger partial charge in [0.2, 0.25) is 0 Å². The van der Waals surface area contributed by atoms with Gasteiger partial charge in [-0.1, -0.05) is 13.0 Å². The van der Waals surface area contributed by atoms with Gasteiger partial charge in [-0.3, -0.25) is 4.79 Å². The number of carbonyl (C=O) groups is 1. The highest BCUT2D eigenvalue weighted by Gasteiger charge is 2.69. The Kier molecular flexibility index (Phi) is 4.51. The van der Waals surface area contributed by atoms with Crippen LogP contribution in [0.3, 0.4) is 0 Å². The molecule has 1 aromatic rings. The molecule has 11 heteroatoms. The lowest BCUT2D eigenvalue weighted by atomic mass is 9.52. The van der Waals surface area contributed by atoms with Crippen LogP contribution in [-0.2, 0) is 26.7 Å². The van der Waals surface area contributed by atoms with E-state index in [9.17, 15) is 31.5 Å².